The lowest BCUT2D eigenvalue weighted by Gasteiger charge is -2.09. The highest BCUT2D eigenvalue weighted by atomic mass is 32.1. The molecule has 0 radical (unpaired) electrons. The summed E-state index contributed by atoms with van der Waals surface area (Å²) < 4.78 is 16.5. The first kappa shape index (κ1) is 13.5. The Morgan fingerprint density at radius 2 is 1.95 bits per heavy atom. The van der Waals surface area contributed by atoms with Crippen molar-refractivity contribution in [2.45, 2.75) is 19.9 Å². The van der Waals surface area contributed by atoms with E-state index in [1.807, 2.05) is 0 Å². The minimum atomic E-state index is -0.216. The van der Waals surface area contributed by atoms with Gasteiger partial charge in [0, 0.05) is 23.3 Å². The molecule has 0 fully saturated rings. The highest BCUT2D eigenvalue weighted by Gasteiger charge is 2.10. The van der Waals surface area contributed by atoms with Crippen molar-refractivity contribution in [2.75, 3.05) is 0 Å². The van der Waals surface area contributed by atoms with Gasteiger partial charge in [0.1, 0.15) is 10.8 Å². The molecule has 2 heterocycles. The quantitative estimate of drug-likeness (QED) is 0.468. The van der Waals surface area contributed by atoms with Gasteiger partial charge < -0.3 is 4.57 Å². The maximum absolute atomic E-state index is 13.3. The Morgan fingerprint density at radius 1 is 1.09 bits per heavy atom. The van der Waals surface area contributed by atoms with Gasteiger partial charge in [0.25, 0.3) is 0 Å². The van der Waals surface area contributed by atoms with Gasteiger partial charge >= 0.3 is 0 Å². The molecule has 2 aromatic heterocycles. The molecule has 0 aliphatic rings. The zero-order valence-electron chi connectivity index (χ0n) is 12.4. The van der Waals surface area contributed by atoms with Gasteiger partial charge in [-0.25, -0.2) is 9.37 Å². The van der Waals surface area contributed by atoms with Crippen LogP contribution in [0.15, 0.2) is 48.7 Å². The van der Waals surface area contributed by atoms with Crippen molar-refractivity contribution in [2.24, 2.45) is 0 Å². The fourth-order valence-electron chi connectivity index (χ4n) is 2.75. The summed E-state index contributed by atoms with van der Waals surface area (Å²) in [7, 11) is 0. The Bertz CT molecular complexity index is 981. The Hall–Kier alpha value is -2.20. The average molecular weight is 310 g/mol. The monoisotopic (exact) mass is 310 g/mol. The fourth-order valence-corrected chi connectivity index (χ4v) is 3.74. The topological polar surface area (TPSA) is 17.8 Å². The summed E-state index contributed by atoms with van der Waals surface area (Å²) in [6.45, 7) is 4.35. The smallest absolute Gasteiger partial charge is 0.124 e. The molecule has 0 unspecified atom stereocenters. The van der Waals surface area contributed by atoms with Gasteiger partial charge in [0.05, 0.1) is 10.2 Å². The van der Waals surface area contributed by atoms with Gasteiger partial charge in [-0.2, -0.15) is 0 Å². The molecule has 0 saturated carbocycles. The number of nitrogens with zero attached hydrogens (tertiary/aromatic N) is 2. The lowest BCUT2D eigenvalue weighted by Crippen LogP contribution is -1.97. The summed E-state index contributed by atoms with van der Waals surface area (Å²) in [6.07, 6.45) is 2.12. The third-order valence-corrected chi connectivity index (χ3v) is 4.94. The predicted octanol–water partition coefficient (Wildman–Crippen LogP) is 5.64. The maximum atomic E-state index is 13.3. The summed E-state index contributed by atoms with van der Waals surface area (Å²) in [5.41, 5.74) is 3.13. The van der Waals surface area contributed by atoms with E-state index >= 15 is 0 Å². The van der Waals surface area contributed by atoms with Crippen molar-refractivity contribution in [1.29, 1.82) is 0 Å². The second-order valence-corrected chi connectivity index (χ2v) is 6.75. The molecule has 2 aromatic carbocycles. The van der Waals surface area contributed by atoms with E-state index in [0.29, 0.717) is 6.04 Å². The third kappa shape index (κ3) is 2.11. The largest absolute Gasteiger partial charge is 0.345 e. The van der Waals surface area contributed by atoms with Crippen molar-refractivity contribution in [3.05, 3.63) is 54.5 Å². The molecule has 110 valence electrons. The minimum Gasteiger partial charge on any atom is -0.345 e. The fraction of sp³-hybridized carbons (Fsp3) is 0.167. The van der Waals surface area contributed by atoms with Crippen LogP contribution in [0.3, 0.4) is 0 Å². The van der Waals surface area contributed by atoms with Crippen molar-refractivity contribution < 1.29 is 4.39 Å². The lowest BCUT2D eigenvalue weighted by atomic mass is 10.1. The van der Waals surface area contributed by atoms with Crippen LogP contribution < -0.4 is 0 Å². The normalized spacial score (nSPS) is 11.8. The highest BCUT2D eigenvalue weighted by Crippen LogP contribution is 2.33. The Balaban J connectivity index is 1.89. The number of halogens is 1. The van der Waals surface area contributed by atoms with Crippen molar-refractivity contribution >= 4 is 32.5 Å². The molecule has 0 aliphatic carbocycles. The lowest BCUT2D eigenvalue weighted by molar-refractivity contribution is 0.623. The van der Waals surface area contributed by atoms with Crippen LogP contribution >= 0.6 is 11.3 Å². The van der Waals surface area contributed by atoms with Crippen molar-refractivity contribution in [3.63, 3.8) is 0 Å². The summed E-state index contributed by atoms with van der Waals surface area (Å²) in [4.78, 5) is 4.63. The third-order valence-electron chi connectivity index (χ3n) is 3.88. The number of rotatable bonds is 2. The molecule has 22 heavy (non-hydrogen) atoms. The van der Waals surface area contributed by atoms with Crippen molar-refractivity contribution in [1.82, 2.24) is 9.55 Å². The Labute approximate surface area is 131 Å². The van der Waals surface area contributed by atoms with E-state index in [-0.39, 0.29) is 5.82 Å². The maximum Gasteiger partial charge on any atom is 0.124 e. The number of hydrogen-bond acceptors (Lipinski definition) is 2. The van der Waals surface area contributed by atoms with Gasteiger partial charge in [0.15, 0.2) is 0 Å². The molecule has 2 nitrogen and oxygen atoms in total. The van der Waals surface area contributed by atoms with E-state index in [9.17, 15) is 4.39 Å². The number of fused-ring (bicyclic) bond motifs is 2. The molecule has 0 N–H and O–H groups in total. The minimum absolute atomic E-state index is 0.216. The van der Waals surface area contributed by atoms with E-state index < -0.39 is 0 Å². The number of aromatic nitrogens is 2. The van der Waals surface area contributed by atoms with Gasteiger partial charge in [-0.15, -0.1) is 11.3 Å². The molecule has 4 aromatic rings. The van der Waals surface area contributed by atoms with Gasteiger partial charge in [0.2, 0.25) is 0 Å². The first-order chi connectivity index (χ1) is 10.6. The number of thiazole rings is 1. The highest BCUT2D eigenvalue weighted by molar-refractivity contribution is 7.21. The predicted molar refractivity (Wildman–Crippen MR) is 90.9 cm³/mol. The van der Waals surface area contributed by atoms with Gasteiger partial charge in [-0.05, 0) is 49.6 Å². The summed E-state index contributed by atoms with van der Waals surface area (Å²) in [5.74, 6) is -0.216. The second-order valence-electron chi connectivity index (χ2n) is 5.72. The van der Waals surface area contributed by atoms with E-state index in [2.05, 4.69) is 53.9 Å². The van der Waals surface area contributed by atoms with Crippen LogP contribution in [0.25, 0.3) is 31.7 Å². The van der Waals surface area contributed by atoms with Crippen LogP contribution in [0, 0.1) is 5.82 Å². The van der Waals surface area contributed by atoms with Crippen LogP contribution in [0.4, 0.5) is 4.39 Å². The SMILES string of the molecule is CC(C)n1ccc2ccc(-c3nc4ccc(F)cc4s3)cc21. The van der Waals surface area contributed by atoms with E-state index in [1.54, 1.807) is 12.1 Å². The number of hydrogen-bond donors (Lipinski definition) is 0. The molecular weight excluding hydrogens is 295 g/mol. The zero-order valence-corrected chi connectivity index (χ0v) is 13.2. The van der Waals surface area contributed by atoms with Gasteiger partial charge in [-0.1, -0.05) is 12.1 Å². The Morgan fingerprint density at radius 3 is 2.77 bits per heavy atom. The summed E-state index contributed by atoms with van der Waals surface area (Å²) >= 11 is 1.53. The van der Waals surface area contributed by atoms with Gasteiger partial charge in [-0.3, -0.25) is 0 Å². The first-order valence-corrected chi connectivity index (χ1v) is 8.10. The molecule has 0 bridgehead atoms. The van der Waals surface area contributed by atoms with E-state index in [4.69, 9.17) is 0 Å². The summed E-state index contributed by atoms with van der Waals surface area (Å²) in [6, 6.07) is 13.7. The van der Waals surface area contributed by atoms with Crippen LogP contribution in [-0.2, 0) is 0 Å². The van der Waals surface area contributed by atoms with Crippen LogP contribution in [0.5, 0.6) is 0 Å². The molecule has 0 saturated heterocycles. The molecular formula is C18H15FN2S. The van der Waals surface area contributed by atoms with Crippen LogP contribution in [-0.4, -0.2) is 9.55 Å². The van der Waals surface area contributed by atoms with E-state index in [1.165, 1.54) is 28.3 Å². The first-order valence-electron chi connectivity index (χ1n) is 7.29. The molecule has 0 amide bonds. The molecule has 0 atom stereocenters. The zero-order chi connectivity index (χ0) is 15.3. The average Bonchev–Trinajstić information content (AvgIpc) is 3.09. The standard InChI is InChI=1S/C18H15FN2S/c1-11(2)21-8-7-12-3-4-13(9-16(12)21)18-20-15-6-5-14(19)10-17(15)22-18/h3-11H,1-2H3. The van der Waals surface area contributed by atoms with E-state index in [0.717, 1.165) is 20.8 Å². The second kappa shape index (κ2) is 4.92. The molecule has 0 aliphatic heterocycles. The Kier molecular flexibility index (Phi) is 3.01. The van der Waals surface area contributed by atoms with Crippen LogP contribution in [0.1, 0.15) is 19.9 Å². The molecule has 4 rings (SSSR count). The van der Waals surface area contributed by atoms with Crippen molar-refractivity contribution in [3.8, 4) is 10.6 Å². The number of benzene rings is 2. The van der Waals surface area contributed by atoms with Crippen LogP contribution in [0.2, 0.25) is 0 Å². The summed E-state index contributed by atoms with van der Waals surface area (Å²) in [5, 5.41) is 2.16. The molecule has 4 heteroatoms. The molecule has 0 spiro atoms.